The average molecular weight is 263 g/mol. The van der Waals surface area contributed by atoms with Gasteiger partial charge in [-0.05, 0) is 30.5 Å². The van der Waals surface area contributed by atoms with E-state index in [1.807, 2.05) is 24.3 Å². The van der Waals surface area contributed by atoms with Crippen molar-refractivity contribution in [2.45, 2.75) is 25.4 Å². The Morgan fingerprint density at radius 1 is 1.30 bits per heavy atom. The number of nitriles is 2. The van der Waals surface area contributed by atoms with Crippen molar-refractivity contribution < 1.29 is 0 Å². The van der Waals surface area contributed by atoms with Gasteiger partial charge in [0.25, 0.3) is 0 Å². The number of nitrogens with one attached hydrogen (secondary N) is 1. The SMILES string of the molecule is N#Cc1cc(CNC2CC2)ccc1-n1ccnc1C#N. The van der Waals surface area contributed by atoms with Crippen LogP contribution in [0.4, 0.5) is 0 Å². The zero-order chi connectivity index (χ0) is 13.9. The predicted octanol–water partition coefficient (Wildman–Crippen LogP) is 1.87. The molecular formula is C15H13N5. The molecule has 5 nitrogen and oxygen atoms in total. The lowest BCUT2D eigenvalue weighted by Gasteiger charge is -2.09. The van der Waals surface area contributed by atoms with E-state index in [2.05, 4.69) is 16.4 Å². The van der Waals surface area contributed by atoms with Crippen molar-refractivity contribution in [3.05, 3.63) is 47.5 Å². The molecule has 2 aromatic rings. The van der Waals surface area contributed by atoms with Gasteiger partial charge in [0.2, 0.25) is 5.82 Å². The molecule has 1 aromatic heterocycles. The minimum absolute atomic E-state index is 0.283. The summed E-state index contributed by atoms with van der Waals surface area (Å²) in [6.45, 7) is 0.772. The Labute approximate surface area is 117 Å². The molecule has 0 radical (unpaired) electrons. The number of imidazole rings is 1. The predicted molar refractivity (Wildman–Crippen MR) is 72.9 cm³/mol. The fourth-order valence-corrected chi connectivity index (χ4v) is 2.12. The first-order chi connectivity index (χ1) is 9.81. The van der Waals surface area contributed by atoms with Crippen LogP contribution in [-0.4, -0.2) is 15.6 Å². The Kier molecular flexibility index (Phi) is 3.20. The highest BCUT2D eigenvalue weighted by Crippen LogP contribution is 2.21. The molecule has 1 aliphatic rings. The van der Waals surface area contributed by atoms with Gasteiger partial charge in [0.15, 0.2) is 0 Å². The molecule has 1 N–H and O–H groups in total. The molecule has 98 valence electrons. The molecule has 1 aromatic carbocycles. The van der Waals surface area contributed by atoms with Crippen LogP contribution in [0.3, 0.4) is 0 Å². The summed E-state index contributed by atoms with van der Waals surface area (Å²) < 4.78 is 1.64. The third kappa shape index (κ3) is 2.40. The standard InChI is InChI=1S/C15H13N5/c16-8-12-7-11(10-19-13-2-3-13)1-4-14(12)20-6-5-18-15(20)9-17/h1,4-7,13,19H,2-3,10H2. The molecule has 0 amide bonds. The topological polar surface area (TPSA) is 77.4 Å². The van der Waals surface area contributed by atoms with E-state index in [9.17, 15) is 5.26 Å². The third-order valence-corrected chi connectivity index (χ3v) is 3.35. The summed E-state index contributed by atoms with van der Waals surface area (Å²) in [5.41, 5.74) is 2.32. The first-order valence-electron chi connectivity index (χ1n) is 6.52. The van der Waals surface area contributed by atoms with Gasteiger partial charge in [0.05, 0.1) is 11.3 Å². The molecule has 0 atom stereocenters. The summed E-state index contributed by atoms with van der Waals surface area (Å²) in [4.78, 5) is 3.96. The van der Waals surface area contributed by atoms with Gasteiger partial charge in [0, 0.05) is 25.0 Å². The maximum absolute atomic E-state index is 9.31. The largest absolute Gasteiger partial charge is 0.310 e. The van der Waals surface area contributed by atoms with E-state index < -0.39 is 0 Å². The second kappa shape index (κ2) is 5.16. The monoisotopic (exact) mass is 263 g/mol. The van der Waals surface area contributed by atoms with Crippen LogP contribution in [0.25, 0.3) is 5.69 Å². The van der Waals surface area contributed by atoms with Gasteiger partial charge in [-0.25, -0.2) is 4.98 Å². The Morgan fingerprint density at radius 3 is 2.85 bits per heavy atom. The summed E-state index contributed by atoms with van der Waals surface area (Å²) in [6, 6.07) is 10.6. The van der Waals surface area contributed by atoms with Gasteiger partial charge < -0.3 is 5.32 Å². The van der Waals surface area contributed by atoms with Crippen molar-refractivity contribution in [1.82, 2.24) is 14.9 Å². The van der Waals surface area contributed by atoms with Crippen LogP contribution in [0.15, 0.2) is 30.6 Å². The van der Waals surface area contributed by atoms with Crippen LogP contribution in [0.5, 0.6) is 0 Å². The Hall–Kier alpha value is -2.63. The summed E-state index contributed by atoms with van der Waals surface area (Å²) in [5, 5.41) is 21.7. The van der Waals surface area contributed by atoms with Gasteiger partial charge in [-0.15, -0.1) is 0 Å². The van der Waals surface area contributed by atoms with Gasteiger partial charge in [-0.1, -0.05) is 6.07 Å². The van der Waals surface area contributed by atoms with Gasteiger partial charge in [-0.2, -0.15) is 10.5 Å². The highest BCUT2D eigenvalue weighted by atomic mass is 15.1. The number of hydrogen-bond donors (Lipinski definition) is 1. The Balaban J connectivity index is 1.91. The fraction of sp³-hybridized carbons (Fsp3) is 0.267. The second-order valence-electron chi connectivity index (χ2n) is 4.85. The lowest BCUT2D eigenvalue weighted by Crippen LogP contribution is -2.15. The molecule has 0 saturated heterocycles. The van der Waals surface area contributed by atoms with Crippen molar-refractivity contribution in [3.8, 4) is 17.8 Å². The van der Waals surface area contributed by atoms with E-state index >= 15 is 0 Å². The number of hydrogen-bond acceptors (Lipinski definition) is 4. The van der Waals surface area contributed by atoms with E-state index in [0.29, 0.717) is 17.3 Å². The first-order valence-corrected chi connectivity index (χ1v) is 6.52. The zero-order valence-corrected chi connectivity index (χ0v) is 10.9. The quantitative estimate of drug-likeness (QED) is 0.913. The van der Waals surface area contributed by atoms with E-state index in [0.717, 1.165) is 12.1 Å². The molecule has 5 heteroatoms. The molecule has 0 bridgehead atoms. The van der Waals surface area contributed by atoms with E-state index in [-0.39, 0.29) is 5.82 Å². The lowest BCUT2D eigenvalue weighted by molar-refractivity contribution is 0.687. The molecule has 3 rings (SSSR count). The molecule has 0 unspecified atom stereocenters. The summed E-state index contributed by atoms with van der Waals surface area (Å²) >= 11 is 0. The van der Waals surface area contributed by atoms with Crippen LogP contribution >= 0.6 is 0 Å². The zero-order valence-electron chi connectivity index (χ0n) is 10.9. The van der Waals surface area contributed by atoms with Crippen molar-refractivity contribution in [2.24, 2.45) is 0 Å². The summed E-state index contributed by atoms with van der Waals surface area (Å²) in [5.74, 6) is 0.283. The van der Waals surface area contributed by atoms with E-state index in [4.69, 9.17) is 5.26 Å². The van der Waals surface area contributed by atoms with Crippen LogP contribution in [-0.2, 0) is 6.54 Å². The van der Waals surface area contributed by atoms with Gasteiger partial charge in [-0.3, -0.25) is 4.57 Å². The van der Waals surface area contributed by atoms with Gasteiger partial charge >= 0.3 is 0 Å². The van der Waals surface area contributed by atoms with Gasteiger partial charge in [0.1, 0.15) is 12.1 Å². The van der Waals surface area contributed by atoms with Crippen LogP contribution in [0.1, 0.15) is 29.8 Å². The fourth-order valence-electron chi connectivity index (χ4n) is 2.12. The molecule has 1 aliphatic carbocycles. The number of aromatic nitrogens is 2. The average Bonchev–Trinajstić information content (AvgIpc) is 3.20. The highest BCUT2D eigenvalue weighted by Gasteiger charge is 2.20. The van der Waals surface area contributed by atoms with Crippen molar-refractivity contribution in [3.63, 3.8) is 0 Å². The van der Waals surface area contributed by atoms with Crippen molar-refractivity contribution in [2.75, 3.05) is 0 Å². The highest BCUT2D eigenvalue weighted by molar-refractivity contribution is 5.52. The van der Waals surface area contributed by atoms with Crippen LogP contribution in [0, 0.1) is 22.7 Å². The Bertz CT molecular complexity index is 713. The maximum atomic E-state index is 9.31. The van der Waals surface area contributed by atoms with Crippen molar-refractivity contribution in [1.29, 1.82) is 10.5 Å². The van der Waals surface area contributed by atoms with Crippen LogP contribution in [0.2, 0.25) is 0 Å². The summed E-state index contributed by atoms with van der Waals surface area (Å²) in [7, 11) is 0. The van der Waals surface area contributed by atoms with Crippen LogP contribution < -0.4 is 5.32 Å². The second-order valence-corrected chi connectivity index (χ2v) is 4.85. The Morgan fingerprint density at radius 2 is 2.15 bits per heavy atom. The van der Waals surface area contributed by atoms with Crippen molar-refractivity contribution >= 4 is 0 Å². The minimum atomic E-state index is 0.283. The smallest absolute Gasteiger partial charge is 0.217 e. The molecule has 20 heavy (non-hydrogen) atoms. The third-order valence-electron chi connectivity index (χ3n) is 3.35. The molecule has 1 fully saturated rings. The first kappa shape index (κ1) is 12.4. The number of rotatable bonds is 4. The molecule has 1 heterocycles. The minimum Gasteiger partial charge on any atom is -0.310 e. The molecule has 1 saturated carbocycles. The van der Waals surface area contributed by atoms with E-state index in [1.165, 1.54) is 12.8 Å². The lowest BCUT2D eigenvalue weighted by atomic mass is 10.1. The molecule has 0 aliphatic heterocycles. The normalized spacial score (nSPS) is 13.7. The maximum Gasteiger partial charge on any atom is 0.217 e. The molecule has 0 spiro atoms. The number of benzene rings is 1. The number of nitrogens with zero attached hydrogens (tertiary/aromatic N) is 4. The van der Waals surface area contributed by atoms with E-state index in [1.54, 1.807) is 17.0 Å². The summed E-state index contributed by atoms with van der Waals surface area (Å²) in [6.07, 6.45) is 5.73. The molecular weight excluding hydrogens is 250 g/mol.